The van der Waals surface area contributed by atoms with Gasteiger partial charge in [-0.2, -0.15) is 0 Å². The molecule has 0 radical (unpaired) electrons. The third kappa shape index (κ3) is 1.61. The molecule has 1 aromatic heterocycles. The predicted molar refractivity (Wildman–Crippen MR) is 60.5 cm³/mol. The van der Waals surface area contributed by atoms with Crippen molar-refractivity contribution in [3.8, 4) is 0 Å². The summed E-state index contributed by atoms with van der Waals surface area (Å²) in [6, 6.07) is 0.395. The number of aromatic nitrogens is 2. The molecule has 0 amide bonds. The summed E-state index contributed by atoms with van der Waals surface area (Å²) in [7, 11) is 0. The van der Waals surface area contributed by atoms with Gasteiger partial charge in [0.25, 0.3) is 5.56 Å². The highest BCUT2D eigenvalue weighted by molar-refractivity contribution is 5.19. The Morgan fingerprint density at radius 3 is 2.81 bits per heavy atom. The Kier molecular flexibility index (Phi) is 2.59. The maximum Gasteiger partial charge on any atom is 0.270 e. The van der Waals surface area contributed by atoms with Crippen molar-refractivity contribution in [3.05, 3.63) is 21.6 Å². The Labute approximate surface area is 94.6 Å². The van der Waals surface area contributed by atoms with Crippen LogP contribution in [0.1, 0.15) is 49.4 Å². The molecule has 4 heteroatoms. The van der Waals surface area contributed by atoms with Gasteiger partial charge in [0.05, 0.1) is 24.9 Å². The summed E-state index contributed by atoms with van der Waals surface area (Å²) in [6.45, 7) is 1.26. The van der Waals surface area contributed by atoms with E-state index in [1.54, 1.807) is 0 Å². The largest absolute Gasteiger partial charge is 0.375 e. The maximum atomic E-state index is 12.2. The second-order valence-electron chi connectivity index (χ2n) is 4.84. The van der Waals surface area contributed by atoms with Crippen LogP contribution in [0.25, 0.3) is 0 Å². The van der Waals surface area contributed by atoms with Gasteiger partial charge in [-0.15, -0.1) is 0 Å². The lowest BCUT2D eigenvalue weighted by atomic mass is 9.96. The lowest BCUT2D eigenvalue weighted by molar-refractivity contribution is 0.107. The first-order chi connectivity index (χ1) is 7.86. The van der Waals surface area contributed by atoms with Crippen molar-refractivity contribution in [1.82, 2.24) is 9.78 Å². The minimum absolute atomic E-state index is 0.199. The Bertz CT molecular complexity index is 427. The molecular formula is C12H18N2O2. The fraction of sp³-hybridized carbons (Fsp3) is 0.750. The third-order valence-electron chi connectivity index (χ3n) is 3.78. The van der Waals surface area contributed by atoms with Gasteiger partial charge in [0.2, 0.25) is 0 Å². The molecule has 88 valence electrons. The van der Waals surface area contributed by atoms with Crippen molar-refractivity contribution in [2.24, 2.45) is 0 Å². The Morgan fingerprint density at radius 1 is 1.25 bits per heavy atom. The summed E-state index contributed by atoms with van der Waals surface area (Å²) >= 11 is 0. The quantitative estimate of drug-likeness (QED) is 0.787. The third-order valence-corrected chi connectivity index (χ3v) is 3.78. The van der Waals surface area contributed by atoms with E-state index in [4.69, 9.17) is 4.74 Å². The molecule has 1 saturated carbocycles. The van der Waals surface area contributed by atoms with E-state index in [0.29, 0.717) is 19.3 Å². The number of nitrogens with zero attached hydrogens (tertiary/aromatic N) is 1. The van der Waals surface area contributed by atoms with Crippen LogP contribution < -0.4 is 5.56 Å². The molecule has 1 aromatic rings. The Morgan fingerprint density at radius 2 is 2.06 bits per heavy atom. The Hall–Kier alpha value is -1.03. The average Bonchev–Trinajstić information content (AvgIpc) is 2.69. The molecule has 0 bridgehead atoms. The van der Waals surface area contributed by atoms with Crippen molar-refractivity contribution < 1.29 is 4.74 Å². The van der Waals surface area contributed by atoms with Crippen molar-refractivity contribution in [1.29, 1.82) is 0 Å². The summed E-state index contributed by atoms with van der Waals surface area (Å²) in [5.74, 6) is 0. The first kappa shape index (κ1) is 10.1. The molecule has 0 spiro atoms. The summed E-state index contributed by atoms with van der Waals surface area (Å²) in [5, 5.41) is 3.25. The van der Waals surface area contributed by atoms with Crippen LogP contribution in [0.15, 0.2) is 4.79 Å². The van der Waals surface area contributed by atoms with Crippen LogP contribution in [0.4, 0.5) is 0 Å². The number of aromatic amines is 1. The van der Waals surface area contributed by atoms with Gasteiger partial charge in [-0.1, -0.05) is 19.3 Å². The summed E-state index contributed by atoms with van der Waals surface area (Å²) in [6.07, 6.45) is 6.86. The van der Waals surface area contributed by atoms with Gasteiger partial charge >= 0.3 is 0 Å². The molecule has 0 saturated heterocycles. The average molecular weight is 222 g/mol. The number of H-pyrrole nitrogens is 1. The van der Waals surface area contributed by atoms with Gasteiger partial charge < -0.3 is 4.74 Å². The van der Waals surface area contributed by atoms with Crippen molar-refractivity contribution >= 4 is 0 Å². The highest BCUT2D eigenvalue weighted by Gasteiger charge is 2.23. The van der Waals surface area contributed by atoms with Gasteiger partial charge in [-0.25, -0.2) is 4.68 Å². The van der Waals surface area contributed by atoms with E-state index in [-0.39, 0.29) is 5.56 Å². The van der Waals surface area contributed by atoms with Crippen LogP contribution in [0.5, 0.6) is 0 Å². The van der Waals surface area contributed by atoms with Crippen LogP contribution in [0.3, 0.4) is 0 Å². The molecule has 0 atom stereocenters. The van der Waals surface area contributed by atoms with Gasteiger partial charge in [0.1, 0.15) is 0 Å². The molecule has 1 N–H and O–H groups in total. The molecule has 1 fully saturated rings. The van der Waals surface area contributed by atoms with Gasteiger partial charge in [-0.3, -0.25) is 9.89 Å². The zero-order valence-corrected chi connectivity index (χ0v) is 9.50. The molecular weight excluding hydrogens is 204 g/mol. The van der Waals surface area contributed by atoms with E-state index < -0.39 is 0 Å². The fourth-order valence-electron chi connectivity index (χ4n) is 2.86. The Balaban J connectivity index is 1.94. The molecule has 1 aliphatic carbocycles. The molecule has 2 aliphatic rings. The minimum Gasteiger partial charge on any atom is -0.375 e. The highest BCUT2D eigenvalue weighted by Crippen LogP contribution is 2.27. The number of hydrogen-bond acceptors (Lipinski definition) is 2. The summed E-state index contributed by atoms with van der Waals surface area (Å²) in [5.41, 5.74) is 2.16. The molecule has 3 rings (SSSR count). The van der Waals surface area contributed by atoms with E-state index in [1.807, 2.05) is 4.68 Å². The van der Waals surface area contributed by atoms with Crippen molar-refractivity contribution in [3.63, 3.8) is 0 Å². The monoisotopic (exact) mass is 222 g/mol. The molecule has 0 aromatic carbocycles. The zero-order chi connectivity index (χ0) is 11.0. The van der Waals surface area contributed by atoms with Gasteiger partial charge in [0.15, 0.2) is 0 Å². The number of nitrogens with one attached hydrogen (secondary N) is 1. The molecule has 1 aliphatic heterocycles. The SMILES string of the molecule is O=c1c2c([nH]n1C1CCCCC1)COCC2. The minimum atomic E-state index is 0.199. The second kappa shape index (κ2) is 4.09. The molecule has 4 nitrogen and oxygen atoms in total. The number of hydrogen-bond donors (Lipinski definition) is 1. The maximum absolute atomic E-state index is 12.2. The lowest BCUT2D eigenvalue weighted by Crippen LogP contribution is -2.26. The zero-order valence-electron chi connectivity index (χ0n) is 9.50. The first-order valence-corrected chi connectivity index (χ1v) is 6.26. The topological polar surface area (TPSA) is 47.0 Å². The van der Waals surface area contributed by atoms with E-state index in [2.05, 4.69) is 5.10 Å². The van der Waals surface area contributed by atoms with Crippen LogP contribution in [0, 0.1) is 0 Å². The number of ether oxygens (including phenoxy) is 1. The normalized spacial score (nSPS) is 22.0. The van der Waals surface area contributed by atoms with E-state index >= 15 is 0 Å². The van der Waals surface area contributed by atoms with Gasteiger partial charge in [-0.05, 0) is 12.8 Å². The molecule has 2 heterocycles. The van der Waals surface area contributed by atoms with E-state index in [1.165, 1.54) is 19.3 Å². The van der Waals surface area contributed by atoms with Gasteiger partial charge in [0, 0.05) is 12.0 Å². The smallest absolute Gasteiger partial charge is 0.270 e. The summed E-state index contributed by atoms with van der Waals surface area (Å²) < 4.78 is 7.23. The van der Waals surface area contributed by atoms with E-state index in [9.17, 15) is 4.79 Å². The second-order valence-corrected chi connectivity index (χ2v) is 4.84. The predicted octanol–water partition coefficient (Wildman–Crippen LogP) is 1.75. The van der Waals surface area contributed by atoms with E-state index in [0.717, 1.165) is 30.5 Å². The van der Waals surface area contributed by atoms with Crippen LogP contribution in [0.2, 0.25) is 0 Å². The number of fused-ring (bicyclic) bond motifs is 1. The first-order valence-electron chi connectivity index (χ1n) is 6.26. The van der Waals surface area contributed by atoms with Crippen molar-refractivity contribution in [2.75, 3.05) is 6.61 Å². The number of rotatable bonds is 1. The molecule has 16 heavy (non-hydrogen) atoms. The van der Waals surface area contributed by atoms with Crippen molar-refractivity contribution in [2.45, 2.75) is 51.2 Å². The highest BCUT2D eigenvalue weighted by atomic mass is 16.5. The standard InChI is InChI=1S/C12H18N2O2/c15-12-10-6-7-16-8-11(10)13-14(12)9-4-2-1-3-5-9/h9,13H,1-8H2. The fourth-order valence-corrected chi connectivity index (χ4v) is 2.86. The summed E-state index contributed by atoms with van der Waals surface area (Å²) in [4.78, 5) is 12.2. The van der Waals surface area contributed by atoms with Crippen LogP contribution in [-0.2, 0) is 17.8 Å². The molecule has 0 unspecified atom stereocenters. The van der Waals surface area contributed by atoms with Crippen LogP contribution >= 0.6 is 0 Å². The van der Waals surface area contributed by atoms with Crippen LogP contribution in [-0.4, -0.2) is 16.4 Å². The lowest BCUT2D eigenvalue weighted by Gasteiger charge is -2.21.